The first-order valence-corrected chi connectivity index (χ1v) is 6.73. The van der Waals surface area contributed by atoms with Gasteiger partial charge >= 0.3 is 0 Å². The number of hydrogen-bond donors (Lipinski definition) is 0. The average molecular weight is 224 g/mol. The normalized spacial score (nSPS) is 11.9. The van der Waals surface area contributed by atoms with Crippen molar-refractivity contribution in [1.82, 2.24) is 0 Å². The van der Waals surface area contributed by atoms with Gasteiger partial charge in [0.1, 0.15) is 5.91 Å². The molecule has 1 aliphatic rings. The van der Waals surface area contributed by atoms with Crippen LogP contribution in [0.2, 0.25) is 0 Å². The molecule has 0 aromatic heterocycles. The summed E-state index contributed by atoms with van der Waals surface area (Å²) in [7, 11) is 0.964. The van der Waals surface area contributed by atoms with E-state index in [1.165, 1.54) is 17.5 Å². The quantitative estimate of drug-likeness (QED) is 0.576. The van der Waals surface area contributed by atoms with Crippen LogP contribution in [0.15, 0.2) is 24.3 Å². The lowest BCUT2D eigenvalue weighted by Crippen LogP contribution is -2.16. The number of ether oxygens (including phenoxy) is 2. The molecule has 0 atom stereocenters. The predicted molar refractivity (Wildman–Crippen MR) is 66.2 cm³/mol. The number of fused-ring (bicyclic) bond motifs is 1. The van der Waals surface area contributed by atoms with Crippen LogP contribution in [0.3, 0.4) is 0 Å². The van der Waals surface area contributed by atoms with E-state index in [1.54, 1.807) is 0 Å². The maximum Gasteiger partial charge on any atom is 0.131 e. The summed E-state index contributed by atoms with van der Waals surface area (Å²) in [5.74, 6) is 0.102. The van der Waals surface area contributed by atoms with Gasteiger partial charge in [0.05, 0.1) is 10.2 Å². The average Bonchev–Trinajstić information content (AvgIpc) is 2.98. The minimum atomic E-state index is 0.102. The van der Waals surface area contributed by atoms with Crippen molar-refractivity contribution >= 4 is 10.2 Å². The van der Waals surface area contributed by atoms with E-state index in [4.69, 9.17) is 9.47 Å². The minimum Gasteiger partial charge on any atom is -0.358 e. The molecule has 0 saturated carbocycles. The molecule has 0 unspecified atom stereocenters. The van der Waals surface area contributed by atoms with Crippen LogP contribution in [0.5, 0.6) is 0 Å². The summed E-state index contributed by atoms with van der Waals surface area (Å²) in [6.45, 7) is 5.47. The highest BCUT2D eigenvalue weighted by Gasteiger charge is 2.12. The molecule has 0 spiro atoms. The Morgan fingerprint density at radius 3 is 1.93 bits per heavy atom. The van der Waals surface area contributed by atoms with Gasteiger partial charge in [-0.3, -0.25) is 0 Å². The van der Waals surface area contributed by atoms with E-state index in [9.17, 15) is 0 Å². The molecule has 0 saturated heterocycles. The maximum atomic E-state index is 5.12. The highest BCUT2D eigenvalue weighted by Crippen LogP contribution is 2.25. The van der Waals surface area contributed by atoms with Gasteiger partial charge in [-0.15, -0.1) is 0 Å². The van der Waals surface area contributed by atoms with Crippen LogP contribution in [0.4, 0.5) is 0 Å². The van der Waals surface area contributed by atoms with Crippen LogP contribution in [0.1, 0.15) is 25.0 Å². The van der Waals surface area contributed by atoms with Gasteiger partial charge in [0.25, 0.3) is 0 Å². The van der Waals surface area contributed by atoms with Gasteiger partial charge in [-0.05, 0) is 31.4 Å². The second kappa shape index (κ2) is 6.77. The molecule has 1 aliphatic carbocycles. The molecule has 0 bridgehead atoms. The lowest BCUT2D eigenvalue weighted by molar-refractivity contribution is -0.0801. The molecule has 0 heterocycles. The predicted octanol–water partition coefficient (Wildman–Crippen LogP) is 1.30. The monoisotopic (exact) mass is 224 g/mol. The van der Waals surface area contributed by atoms with Crippen LogP contribution in [0.25, 0.3) is 0 Å². The van der Waals surface area contributed by atoms with E-state index in [1.807, 2.05) is 13.8 Å². The van der Waals surface area contributed by atoms with E-state index in [0.717, 1.165) is 23.5 Å². The molecule has 84 valence electrons. The molecular weight excluding hydrogens is 204 g/mol. The van der Waals surface area contributed by atoms with Crippen molar-refractivity contribution in [1.29, 1.82) is 0 Å². The molecule has 0 radical (unpaired) electrons. The molecule has 3 heteroatoms. The Morgan fingerprint density at radius 1 is 1.13 bits per heavy atom. The molecule has 2 nitrogen and oxygen atoms in total. The Morgan fingerprint density at radius 2 is 1.60 bits per heavy atom. The zero-order chi connectivity index (χ0) is 11.1. The first-order valence-electron chi connectivity index (χ1n) is 5.57. The molecule has 0 fully saturated rings. The van der Waals surface area contributed by atoms with E-state index >= 15 is 0 Å². The Balaban J connectivity index is 0.000000150. The van der Waals surface area contributed by atoms with Crippen molar-refractivity contribution in [2.24, 2.45) is 0 Å². The van der Waals surface area contributed by atoms with Crippen molar-refractivity contribution in [2.75, 3.05) is 13.2 Å². The van der Waals surface area contributed by atoms with Crippen LogP contribution in [0, 0.1) is 0 Å². The van der Waals surface area contributed by atoms with E-state index in [0.29, 0.717) is 0 Å². The maximum absolute atomic E-state index is 5.12. The fourth-order valence-electron chi connectivity index (χ4n) is 1.35. The number of hydrogen-bond acceptors (Lipinski definition) is 2. The molecule has 1 aromatic carbocycles. The fourth-order valence-corrected chi connectivity index (χ4v) is 2.02. The molecule has 1 aromatic rings. The van der Waals surface area contributed by atoms with Crippen molar-refractivity contribution in [3.8, 4) is 0 Å². The first-order chi connectivity index (χ1) is 7.27. The summed E-state index contributed by atoms with van der Waals surface area (Å²) >= 11 is 0. The second-order valence-corrected chi connectivity index (χ2v) is 4.37. The molecule has 0 N–H and O–H groups in total. The number of rotatable bonds is 4. The number of benzene rings is 1. The topological polar surface area (TPSA) is 18.5 Å². The third-order valence-corrected chi connectivity index (χ3v) is 2.84. The smallest absolute Gasteiger partial charge is 0.131 e. The van der Waals surface area contributed by atoms with E-state index in [-0.39, 0.29) is 5.91 Å². The largest absolute Gasteiger partial charge is 0.358 e. The van der Waals surface area contributed by atoms with E-state index < -0.39 is 0 Å². The zero-order valence-corrected chi connectivity index (χ0v) is 11.8. The Bertz CT molecular complexity index is 262. The summed E-state index contributed by atoms with van der Waals surface area (Å²) in [6.07, 6.45) is 1.24. The van der Waals surface area contributed by atoms with E-state index in [2.05, 4.69) is 24.3 Å². The SMILES string of the molecule is CCOC([SiH3])OCC.c1ccc2c(c1)C2. The van der Waals surface area contributed by atoms with Gasteiger partial charge in [-0.2, -0.15) is 0 Å². The summed E-state index contributed by atoms with van der Waals surface area (Å²) in [5.41, 5.74) is 3.06. The van der Waals surface area contributed by atoms with Crippen molar-refractivity contribution in [3.05, 3.63) is 35.4 Å². The van der Waals surface area contributed by atoms with Gasteiger partial charge in [0.15, 0.2) is 0 Å². The van der Waals surface area contributed by atoms with Gasteiger partial charge in [-0.1, -0.05) is 24.3 Å². The van der Waals surface area contributed by atoms with Crippen molar-refractivity contribution in [3.63, 3.8) is 0 Å². The van der Waals surface area contributed by atoms with Crippen molar-refractivity contribution < 1.29 is 9.47 Å². The summed E-state index contributed by atoms with van der Waals surface area (Å²) in [6, 6.07) is 8.53. The summed E-state index contributed by atoms with van der Waals surface area (Å²) in [5, 5.41) is 0. The van der Waals surface area contributed by atoms with Crippen LogP contribution >= 0.6 is 0 Å². The third kappa shape index (κ3) is 5.11. The van der Waals surface area contributed by atoms with Crippen LogP contribution < -0.4 is 0 Å². The summed E-state index contributed by atoms with van der Waals surface area (Å²) < 4.78 is 10.2. The standard InChI is InChI=1S/C7H6.C5H14O2Si/c1-2-4-7-5-6(7)3-1;1-3-6-5(8)7-4-2/h1-4H,5H2;5H,3-4H2,1-2,8H3. The Labute approximate surface area is 95.0 Å². The van der Waals surface area contributed by atoms with Gasteiger partial charge < -0.3 is 9.47 Å². The van der Waals surface area contributed by atoms with Crippen LogP contribution in [-0.4, -0.2) is 29.4 Å². The lowest BCUT2D eigenvalue weighted by atomic mass is 10.4. The lowest BCUT2D eigenvalue weighted by Gasteiger charge is -2.09. The molecule has 0 amide bonds. The van der Waals surface area contributed by atoms with Crippen LogP contribution in [-0.2, 0) is 15.9 Å². The molecular formula is C12H20O2Si. The molecule has 2 rings (SSSR count). The minimum absolute atomic E-state index is 0.102. The first kappa shape index (κ1) is 12.4. The summed E-state index contributed by atoms with van der Waals surface area (Å²) in [4.78, 5) is 0. The Kier molecular flexibility index (Phi) is 5.61. The van der Waals surface area contributed by atoms with Gasteiger partial charge in [0, 0.05) is 13.2 Å². The third-order valence-electron chi connectivity index (χ3n) is 2.18. The Hall–Kier alpha value is -0.643. The van der Waals surface area contributed by atoms with Crippen molar-refractivity contribution in [2.45, 2.75) is 26.2 Å². The molecule has 15 heavy (non-hydrogen) atoms. The van der Waals surface area contributed by atoms with Gasteiger partial charge in [0.2, 0.25) is 0 Å². The highest BCUT2D eigenvalue weighted by molar-refractivity contribution is 6.09. The molecule has 0 aliphatic heterocycles. The fraction of sp³-hybridized carbons (Fsp3) is 0.500. The zero-order valence-electron chi connectivity index (χ0n) is 9.82. The highest BCUT2D eigenvalue weighted by atomic mass is 28.1. The van der Waals surface area contributed by atoms with Gasteiger partial charge in [-0.25, -0.2) is 0 Å². The second-order valence-electron chi connectivity index (χ2n) is 3.42.